The van der Waals surface area contributed by atoms with E-state index in [1.165, 1.54) is 4.31 Å². The van der Waals surface area contributed by atoms with Gasteiger partial charge in [0.2, 0.25) is 15.9 Å². The lowest BCUT2D eigenvalue weighted by atomic mass is 9.87. The van der Waals surface area contributed by atoms with Gasteiger partial charge in [0.05, 0.1) is 17.7 Å². The number of methoxy groups -OCH3 is 1. The van der Waals surface area contributed by atoms with Crippen LogP contribution in [-0.4, -0.2) is 38.3 Å². The first-order valence-electron chi connectivity index (χ1n) is 10.2. The van der Waals surface area contributed by atoms with Gasteiger partial charge in [0.1, 0.15) is 11.8 Å². The zero-order valence-corrected chi connectivity index (χ0v) is 18.8. The summed E-state index contributed by atoms with van der Waals surface area (Å²) in [5.41, 5.74) is 1.51. The van der Waals surface area contributed by atoms with Crippen LogP contribution >= 0.6 is 0 Å². The summed E-state index contributed by atoms with van der Waals surface area (Å²) < 4.78 is 33.1. The first-order chi connectivity index (χ1) is 14.1. The second kappa shape index (κ2) is 8.78. The molecule has 1 atom stereocenters. The van der Waals surface area contributed by atoms with E-state index in [4.69, 9.17) is 4.74 Å². The molecule has 0 bridgehead atoms. The Hall–Kier alpha value is -2.38. The van der Waals surface area contributed by atoms with Crippen LogP contribution in [0.25, 0.3) is 0 Å². The highest BCUT2D eigenvalue weighted by atomic mass is 32.2. The van der Waals surface area contributed by atoms with E-state index in [0.717, 1.165) is 18.4 Å². The maximum Gasteiger partial charge on any atom is 0.243 e. The Bertz CT molecular complexity index is 998. The standard InChI is InChI=1S/C23H30N2O4S/c1-23(2,3)17-13-14-21(29-4)19(16-17)24-22(26)20-12-8-9-15-25(20)30(27,28)18-10-6-5-7-11-18/h5-7,10-11,13-14,16,20H,8-9,12,15H2,1-4H3,(H,24,26). The number of carbonyl (C=O) groups is 1. The predicted octanol–water partition coefficient (Wildman–Crippen LogP) is 4.17. The summed E-state index contributed by atoms with van der Waals surface area (Å²) in [6.45, 7) is 6.61. The second-order valence-corrected chi connectivity index (χ2v) is 10.5. The van der Waals surface area contributed by atoms with Crippen LogP contribution in [0.4, 0.5) is 5.69 Å². The molecule has 0 saturated carbocycles. The Morgan fingerprint density at radius 2 is 1.80 bits per heavy atom. The zero-order valence-electron chi connectivity index (χ0n) is 18.0. The van der Waals surface area contributed by atoms with Gasteiger partial charge in [-0.1, -0.05) is 51.5 Å². The number of hydrogen-bond donors (Lipinski definition) is 1. The summed E-state index contributed by atoms with van der Waals surface area (Å²) in [7, 11) is -2.20. The number of sulfonamides is 1. The lowest BCUT2D eigenvalue weighted by molar-refractivity contribution is -0.120. The number of rotatable bonds is 5. The molecule has 7 heteroatoms. The Labute approximate surface area is 179 Å². The molecule has 0 spiro atoms. The van der Waals surface area contributed by atoms with E-state index in [1.54, 1.807) is 37.4 Å². The normalized spacial score (nSPS) is 18.1. The molecular weight excluding hydrogens is 400 g/mol. The number of carbonyl (C=O) groups excluding carboxylic acids is 1. The number of nitrogens with one attached hydrogen (secondary N) is 1. The molecule has 1 amide bonds. The van der Waals surface area contributed by atoms with E-state index in [1.807, 2.05) is 18.2 Å². The topological polar surface area (TPSA) is 75.7 Å². The number of piperidine rings is 1. The van der Waals surface area contributed by atoms with Crippen molar-refractivity contribution < 1.29 is 17.9 Å². The third-order valence-electron chi connectivity index (χ3n) is 5.43. The Kier molecular flexibility index (Phi) is 6.53. The van der Waals surface area contributed by atoms with Crippen LogP contribution in [-0.2, 0) is 20.2 Å². The molecule has 6 nitrogen and oxygen atoms in total. The largest absolute Gasteiger partial charge is 0.495 e. The van der Waals surface area contributed by atoms with Crippen LogP contribution in [0.5, 0.6) is 5.75 Å². The van der Waals surface area contributed by atoms with Crippen molar-refractivity contribution in [3.63, 3.8) is 0 Å². The van der Waals surface area contributed by atoms with Crippen molar-refractivity contribution in [3.05, 3.63) is 54.1 Å². The van der Waals surface area contributed by atoms with E-state index in [0.29, 0.717) is 24.4 Å². The van der Waals surface area contributed by atoms with Gasteiger partial charge < -0.3 is 10.1 Å². The maximum atomic E-state index is 13.2. The molecule has 3 rings (SSSR count). The Balaban J connectivity index is 1.90. The highest BCUT2D eigenvalue weighted by Gasteiger charge is 2.37. The van der Waals surface area contributed by atoms with E-state index in [9.17, 15) is 13.2 Å². The fourth-order valence-electron chi connectivity index (χ4n) is 3.67. The molecule has 1 N–H and O–H groups in total. The maximum absolute atomic E-state index is 13.2. The average Bonchev–Trinajstić information content (AvgIpc) is 2.73. The minimum absolute atomic E-state index is 0.0979. The smallest absolute Gasteiger partial charge is 0.243 e. The molecule has 1 fully saturated rings. The average molecular weight is 431 g/mol. The van der Waals surface area contributed by atoms with Gasteiger partial charge in [-0.15, -0.1) is 0 Å². The molecule has 2 aromatic rings. The fraction of sp³-hybridized carbons (Fsp3) is 0.435. The minimum atomic E-state index is -3.75. The quantitative estimate of drug-likeness (QED) is 0.772. The third-order valence-corrected chi connectivity index (χ3v) is 7.35. The number of amides is 1. The van der Waals surface area contributed by atoms with Gasteiger partial charge in [0.25, 0.3) is 0 Å². The van der Waals surface area contributed by atoms with E-state index >= 15 is 0 Å². The summed E-state index contributed by atoms with van der Waals surface area (Å²) in [5.74, 6) is 0.211. The lowest BCUT2D eigenvalue weighted by Gasteiger charge is -2.33. The first kappa shape index (κ1) is 22.3. The third kappa shape index (κ3) is 4.68. The molecule has 1 saturated heterocycles. The molecule has 2 aromatic carbocycles. The summed E-state index contributed by atoms with van der Waals surface area (Å²) in [6.07, 6.45) is 2.02. The van der Waals surface area contributed by atoms with Crippen molar-refractivity contribution in [1.82, 2.24) is 4.31 Å². The molecule has 0 radical (unpaired) electrons. The zero-order chi connectivity index (χ0) is 21.9. The van der Waals surface area contributed by atoms with Crippen molar-refractivity contribution >= 4 is 21.6 Å². The van der Waals surface area contributed by atoms with Crippen LogP contribution < -0.4 is 10.1 Å². The number of anilines is 1. The summed E-state index contributed by atoms with van der Waals surface area (Å²) >= 11 is 0. The molecule has 1 aliphatic rings. The van der Waals surface area contributed by atoms with E-state index in [2.05, 4.69) is 26.1 Å². The van der Waals surface area contributed by atoms with E-state index < -0.39 is 16.1 Å². The van der Waals surface area contributed by atoms with Gasteiger partial charge >= 0.3 is 0 Å². The van der Waals surface area contributed by atoms with Crippen LogP contribution in [0.3, 0.4) is 0 Å². The van der Waals surface area contributed by atoms with Gasteiger partial charge in [0.15, 0.2) is 0 Å². The van der Waals surface area contributed by atoms with Crippen molar-refractivity contribution in [2.24, 2.45) is 0 Å². The van der Waals surface area contributed by atoms with Crippen LogP contribution in [0.2, 0.25) is 0 Å². The fourth-order valence-corrected chi connectivity index (χ4v) is 5.35. The van der Waals surface area contributed by atoms with Crippen LogP contribution in [0, 0.1) is 0 Å². The van der Waals surface area contributed by atoms with Crippen LogP contribution in [0.1, 0.15) is 45.6 Å². The highest BCUT2D eigenvalue weighted by Crippen LogP contribution is 2.33. The molecule has 1 aliphatic heterocycles. The van der Waals surface area contributed by atoms with Crippen LogP contribution in [0.15, 0.2) is 53.4 Å². The van der Waals surface area contributed by atoms with Gasteiger partial charge in [-0.25, -0.2) is 8.42 Å². The van der Waals surface area contributed by atoms with Gasteiger partial charge in [0, 0.05) is 6.54 Å². The van der Waals surface area contributed by atoms with Crippen molar-refractivity contribution in [2.75, 3.05) is 19.0 Å². The Morgan fingerprint density at radius 1 is 1.10 bits per heavy atom. The number of hydrogen-bond acceptors (Lipinski definition) is 4. The Morgan fingerprint density at radius 3 is 2.43 bits per heavy atom. The van der Waals surface area contributed by atoms with Gasteiger partial charge in [-0.3, -0.25) is 4.79 Å². The first-order valence-corrected chi connectivity index (χ1v) is 11.6. The minimum Gasteiger partial charge on any atom is -0.495 e. The lowest BCUT2D eigenvalue weighted by Crippen LogP contribution is -2.49. The highest BCUT2D eigenvalue weighted by molar-refractivity contribution is 7.89. The number of ether oxygens (including phenoxy) is 1. The monoisotopic (exact) mass is 430 g/mol. The van der Waals surface area contributed by atoms with Crippen molar-refractivity contribution in [1.29, 1.82) is 0 Å². The predicted molar refractivity (Wildman–Crippen MR) is 118 cm³/mol. The van der Waals surface area contributed by atoms with Gasteiger partial charge in [-0.05, 0) is 48.1 Å². The molecule has 30 heavy (non-hydrogen) atoms. The molecule has 1 unspecified atom stereocenters. The summed E-state index contributed by atoms with van der Waals surface area (Å²) in [6, 6.07) is 13.2. The molecule has 0 aliphatic carbocycles. The molecule has 0 aromatic heterocycles. The summed E-state index contributed by atoms with van der Waals surface area (Å²) in [5, 5.41) is 2.93. The summed E-state index contributed by atoms with van der Waals surface area (Å²) in [4.78, 5) is 13.4. The molecule has 1 heterocycles. The molecule has 162 valence electrons. The number of nitrogens with zero attached hydrogens (tertiary/aromatic N) is 1. The van der Waals surface area contributed by atoms with Crippen molar-refractivity contribution in [3.8, 4) is 5.75 Å². The second-order valence-electron chi connectivity index (χ2n) is 8.59. The van der Waals surface area contributed by atoms with Crippen molar-refractivity contribution in [2.45, 2.75) is 56.4 Å². The number of benzene rings is 2. The van der Waals surface area contributed by atoms with E-state index in [-0.39, 0.29) is 16.2 Å². The SMILES string of the molecule is COc1ccc(C(C)(C)C)cc1NC(=O)C1CCCCN1S(=O)(=O)c1ccccc1. The molecular formula is C23H30N2O4S. The van der Waals surface area contributed by atoms with Gasteiger partial charge in [-0.2, -0.15) is 4.31 Å².